The molecule has 0 heterocycles. The zero-order valence-corrected chi connectivity index (χ0v) is 21.3. The summed E-state index contributed by atoms with van der Waals surface area (Å²) in [5.74, 6) is 2.92. The van der Waals surface area contributed by atoms with Crippen LogP contribution in [0.15, 0.2) is 36.4 Å². The van der Waals surface area contributed by atoms with Gasteiger partial charge in [0.2, 0.25) is 0 Å². The Morgan fingerprint density at radius 1 is 0.625 bits per heavy atom. The maximum atomic E-state index is 2.64. The smallest absolute Gasteiger partial charge is 0.0119 e. The molecule has 0 amide bonds. The Hall–Kier alpha value is -1.56. The number of rotatable bonds is 7. The zero-order chi connectivity index (χ0) is 22.5. The lowest BCUT2D eigenvalue weighted by Crippen LogP contribution is -2.10. The standard InChI is InChI=1S/C32H46/c1-23(2)18-27-16-11-17-28(19-24(3)4)32(27)31-21-29(25-12-7-5-8-13-25)20-30(22-31)26-14-9-6-10-15-26/h11,16-17,20-26H,5-10,12-15,18-19H2,1-4H3. The van der Waals surface area contributed by atoms with Crippen LogP contribution < -0.4 is 0 Å². The third kappa shape index (κ3) is 5.86. The molecule has 174 valence electrons. The maximum Gasteiger partial charge on any atom is -0.0119 e. The van der Waals surface area contributed by atoms with Crippen molar-refractivity contribution >= 4 is 0 Å². The lowest BCUT2D eigenvalue weighted by atomic mass is 9.77. The summed E-state index contributed by atoms with van der Waals surface area (Å²) in [7, 11) is 0. The fraction of sp³-hybridized carbons (Fsp3) is 0.625. The highest BCUT2D eigenvalue weighted by Gasteiger charge is 2.22. The predicted octanol–water partition coefficient (Wildman–Crippen LogP) is 9.85. The van der Waals surface area contributed by atoms with E-state index in [0.717, 1.165) is 11.8 Å². The van der Waals surface area contributed by atoms with Gasteiger partial charge in [-0.05, 0) is 95.6 Å². The number of hydrogen-bond donors (Lipinski definition) is 0. The van der Waals surface area contributed by atoms with E-state index in [2.05, 4.69) is 64.1 Å². The number of benzene rings is 2. The van der Waals surface area contributed by atoms with Crippen LogP contribution in [-0.2, 0) is 12.8 Å². The lowest BCUT2D eigenvalue weighted by molar-refractivity contribution is 0.435. The van der Waals surface area contributed by atoms with Crippen LogP contribution in [0.5, 0.6) is 0 Å². The van der Waals surface area contributed by atoms with Crippen molar-refractivity contribution in [3.63, 3.8) is 0 Å². The SMILES string of the molecule is CC(C)Cc1cccc(CC(C)C)c1-c1cc(C2CCCCC2)cc(C2CCCCC2)c1. The van der Waals surface area contributed by atoms with Gasteiger partial charge in [0.25, 0.3) is 0 Å². The van der Waals surface area contributed by atoms with Crippen molar-refractivity contribution in [1.29, 1.82) is 0 Å². The molecule has 0 N–H and O–H groups in total. The first-order valence-electron chi connectivity index (χ1n) is 13.8. The van der Waals surface area contributed by atoms with E-state index in [1.807, 2.05) is 0 Å². The molecule has 2 aliphatic carbocycles. The van der Waals surface area contributed by atoms with Gasteiger partial charge in [-0.3, -0.25) is 0 Å². The molecule has 2 saturated carbocycles. The molecule has 0 aromatic heterocycles. The van der Waals surface area contributed by atoms with Gasteiger partial charge in [0.1, 0.15) is 0 Å². The van der Waals surface area contributed by atoms with Crippen molar-refractivity contribution in [2.45, 2.75) is 117 Å². The molecule has 4 rings (SSSR count). The van der Waals surface area contributed by atoms with Crippen molar-refractivity contribution in [3.8, 4) is 11.1 Å². The first-order valence-corrected chi connectivity index (χ1v) is 13.8. The summed E-state index contributed by atoms with van der Waals surface area (Å²) < 4.78 is 0. The second kappa shape index (κ2) is 11.0. The largest absolute Gasteiger partial charge is 0.0625 e. The lowest BCUT2D eigenvalue weighted by Gasteiger charge is -2.28. The molecule has 2 aliphatic rings. The van der Waals surface area contributed by atoms with Gasteiger partial charge in [-0.15, -0.1) is 0 Å². The molecular weight excluding hydrogens is 384 g/mol. The molecule has 0 nitrogen and oxygen atoms in total. The first kappa shape index (κ1) is 23.6. The highest BCUT2D eigenvalue weighted by molar-refractivity contribution is 5.73. The van der Waals surface area contributed by atoms with E-state index < -0.39 is 0 Å². The molecular formula is C32H46. The average molecular weight is 431 g/mol. The summed E-state index contributed by atoms with van der Waals surface area (Å²) in [6, 6.07) is 15.0. The van der Waals surface area contributed by atoms with Crippen molar-refractivity contribution in [1.82, 2.24) is 0 Å². The van der Waals surface area contributed by atoms with Crippen LogP contribution in [0.4, 0.5) is 0 Å². The van der Waals surface area contributed by atoms with Gasteiger partial charge in [-0.1, -0.05) is 103 Å². The normalized spacial score (nSPS) is 18.6. The highest BCUT2D eigenvalue weighted by atomic mass is 14.3. The van der Waals surface area contributed by atoms with Gasteiger partial charge < -0.3 is 0 Å². The van der Waals surface area contributed by atoms with E-state index in [-0.39, 0.29) is 0 Å². The molecule has 0 unspecified atom stereocenters. The van der Waals surface area contributed by atoms with Gasteiger partial charge in [-0.25, -0.2) is 0 Å². The monoisotopic (exact) mass is 430 g/mol. The molecule has 0 bridgehead atoms. The fourth-order valence-corrected chi connectivity index (χ4v) is 6.41. The van der Waals surface area contributed by atoms with Crippen LogP contribution in [-0.4, -0.2) is 0 Å². The highest BCUT2D eigenvalue weighted by Crippen LogP contribution is 2.41. The minimum absolute atomic E-state index is 0.683. The maximum absolute atomic E-state index is 2.64. The van der Waals surface area contributed by atoms with Crippen molar-refractivity contribution in [2.75, 3.05) is 0 Å². The minimum Gasteiger partial charge on any atom is -0.0625 e. The number of hydrogen-bond acceptors (Lipinski definition) is 0. The Morgan fingerprint density at radius 3 is 1.47 bits per heavy atom. The van der Waals surface area contributed by atoms with Gasteiger partial charge >= 0.3 is 0 Å². The fourth-order valence-electron chi connectivity index (χ4n) is 6.41. The second-order valence-electron chi connectivity index (χ2n) is 11.7. The van der Waals surface area contributed by atoms with Crippen LogP contribution in [0, 0.1) is 11.8 Å². The van der Waals surface area contributed by atoms with Crippen LogP contribution in [0.1, 0.15) is 126 Å². The van der Waals surface area contributed by atoms with Gasteiger partial charge in [-0.2, -0.15) is 0 Å². The molecule has 0 atom stereocenters. The van der Waals surface area contributed by atoms with Crippen molar-refractivity contribution in [2.24, 2.45) is 11.8 Å². The molecule has 0 aliphatic heterocycles. The van der Waals surface area contributed by atoms with Crippen LogP contribution in [0.2, 0.25) is 0 Å². The second-order valence-corrected chi connectivity index (χ2v) is 11.7. The van der Waals surface area contributed by atoms with Gasteiger partial charge in [0.05, 0.1) is 0 Å². The summed E-state index contributed by atoms with van der Waals surface area (Å²) >= 11 is 0. The molecule has 2 fully saturated rings. The van der Waals surface area contributed by atoms with Crippen LogP contribution in [0.25, 0.3) is 11.1 Å². The Kier molecular flexibility index (Phi) is 8.14. The molecule has 2 aromatic carbocycles. The Bertz CT molecular complexity index is 795. The van der Waals surface area contributed by atoms with Crippen molar-refractivity contribution in [3.05, 3.63) is 58.7 Å². The van der Waals surface area contributed by atoms with E-state index in [9.17, 15) is 0 Å². The third-order valence-electron chi connectivity index (χ3n) is 7.91. The Balaban J connectivity index is 1.83. The van der Waals surface area contributed by atoms with Crippen LogP contribution in [0.3, 0.4) is 0 Å². The Morgan fingerprint density at radius 2 is 1.06 bits per heavy atom. The topological polar surface area (TPSA) is 0 Å². The quantitative estimate of drug-likeness (QED) is 0.410. The Labute approximate surface area is 198 Å². The molecule has 0 radical (unpaired) electrons. The molecule has 0 saturated heterocycles. The summed E-state index contributed by atoms with van der Waals surface area (Å²) in [6.07, 6.45) is 16.4. The average Bonchev–Trinajstić information content (AvgIpc) is 2.79. The van der Waals surface area contributed by atoms with Gasteiger partial charge in [0.15, 0.2) is 0 Å². The van der Waals surface area contributed by atoms with E-state index >= 15 is 0 Å². The van der Waals surface area contributed by atoms with Crippen LogP contribution >= 0.6 is 0 Å². The minimum atomic E-state index is 0.683. The molecule has 0 spiro atoms. The van der Waals surface area contributed by atoms with Crippen molar-refractivity contribution < 1.29 is 0 Å². The summed E-state index contributed by atoms with van der Waals surface area (Å²) in [6.45, 7) is 9.46. The molecule has 32 heavy (non-hydrogen) atoms. The predicted molar refractivity (Wildman–Crippen MR) is 141 cm³/mol. The summed E-state index contributed by atoms with van der Waals surface area (Å²) in [5.41, 5.74) is 9.53. The molecule has 2 aromatic rings. The zero-order valence-electron chi connectivity index (χ0n) is 21.3. The van der Waals surface area contributed by atoms with E-state index in [1.54, 1.807) is 27.8 Å². The summed E-state index contributed by atoms with van der Waals surface area (Å²) in [5, 5.41) is 0. The van der Waals surface area contributed by atoms with E-state index in [4.69, 9.17) is 0 Å². The first-order chi connectivity index (χ1) is 15.5. The third-order valence-corrected chi connectivity index (χ3v) is 7.91. The molecule has 0 heteroatoms. The van der Waals surface area contributed by atoms with E-state index in [0.29, 0.717) is 11.8 Å². The summed E-state index contributed by atoms with van der Waals surface area (Å²) in [4.78, 5) is 0. The van der Waals surface area contributed by atoms with E-state index in [1.165, 1.54) is 82.6 Å². The van der Waals surface area contributed by atoms with Gasteiger partial charge in [0, 0.05) is 0 Å².